The van der Waals surface area contributed by atoms with E-state index in [1.165, 1.54) is 12.1 Å². The van der Waals surface area contributed by atoms with Crippen molar-refractivity contribution in [2.75, 3.05) is 13.7 Å². The number of hydrogen-bond acceptors (Lipinski definition) is 8. The number of thiol groups is 1. The minimum Gasteiger partial charge on any atom is -0.495 e. The van der Waals surface area contributed by atoms with E-state index in [9.17, 15) is 14.4 Å². The van der Waals surface area contributed by atoms with E-state index in [1.54, 1.807) is 13.3 Å². The number of nitrogens with one attached hydrogen (secondary N) is 1. The summed E-state index contributed by atoms with van der Waals surface area (Å²) in [5.74, 6) is 0.424. The summed E-state index contributed by atoms with van der Waals surface area (Å²) < 4.78 is 11.4. The smallest absolute Gasteiger partial charge is 0.349 e. The number of ether oxygens (including phenoxy) is 2. The molecule has 216 valence electrons. The Morgan fingerprint density at radius 1 is 1.27 bits per heavy atom. The van der Waals surface area contributed by atoms with Gasteiger partial charge in [0.05, 0.1) is 22.9 Å². The Morgan fingerprint density at radius 2 is 1.90 bits per heavy atom. The van der Waals surface area contributed by atoms with Gasteiger partial charge in [-0.1, -0.05) is 80.9 Å². The molecule has 0 radical (unpaired) electrons. The predicted molar refractivity (Wildman–Crippen MR) is 165 cm³/mol. The van der Waals surface area contributed by atoms with E-state index in [0.717, 1.165) is 22.2 Å². The fraction of sp³-hybridized carbons (Fsp3) is 0.276. The maximum atomic E-state index is 12.0. The highest BCUT2D eigenvalue weighted by atomic mass is 35.5. The largest absolute Gasteiger partial charge is 0.495 e. The van der Waals surface area contributed by atoms with Crippen LogP contribution in [-0.4, -0.2) is 47.1 Å². The number of aromatic nitrogens is 3. The van der Waals surface area contributed by atoms with Gasteiger partial charge in [-0.05, 0) is 17.7 Å². The second-order valence-corrected chi connectivity index (χ2v) is 11.1. The topological polar surface area (TPSA) is 116 Å². The molecule has 2 heterocycles. The zero-order chi connectivity index (χ0) is 30.3. The normalized spacial score (nSPS) is 17.3. The van der Waals surface area contributed by atoms with E-state index in [1.807, 2.05) is 37.3 Å². The molecular weight excluding hydrogens is 587 g/mol. The Labute approximate surface area is 252 Å². The van der Waals surface area contributed by atoms with Crippen LogP contribution in [0.3, 0.4) is 0 Å². The van der Waals surface area contributed by atoms with Crippen molar-refractivity contribution in [1.29, 1.82) is 0 Å². The Morgan fingerprint density at radius 3 is 2.39 bits per heavy atom. The third-order valence-electron chi connectivity index (χ3n) is 6.17. The minimum absolute atomic E-state index is 0.0625. The van der Waals surface area contributed by atoms with Crippen molar-refractivity contribution in [2.24, 2.45) is 10.4 Å². The highest BCUT2D eigenvalue weighted by Gasteiger charge is 2.39. The lowest BCUT2D eigenvalue weighted by atomic mass is 9.89. The molecule has 1 fully saturated rings. The van der Waals surface area contributed by atoms with Crippen LogP contribution in [0.25, 0.3) is 11.4 Å². The summed E-state index contributed by atoms with van der Waals surface area (Å²) in [7, 11) is 1.69. The third-order valence-corrected chi connectivity index (χ3v) is 7.12. The SMILES string of the molecule is C=C1OCC(C)(C)C1OC.CC(C=N/C(=C(\S)C=O)c1ccccc1)c1c(Cl)cc(-n2ncc(=O)[nH]c2=O)cc1Cl. The summed E-state index contributed by atoms with van der Waals surface area (Å²) in [6, 6.07) is 12.2. The highest BCUT2D eigenvalue weighted by Crippen LogP contribution is 2.35. The number of carbonyl (C=O) groups is 1. The van der Waals surface area contributed by atoms with Crippen molar-refractivity contribution in [2.45, 2.75) is 32.8 Å². The van der Waals surface area contributed by atoms with Crippen LogP contribution in [0.2, 0.25) is 10.0 Å². The van der Waals surface area contributed by atoms with Gasteiger partial charge in [0.2, 0.25) is 0 Å². The predicted octanol–water partition coefficient (Wildman–Crippen LogP) is 5.47. The Bertz CT molecular complexity index is 1580. The second kappa shape index (κ2) is 14.0. The number of methoxy groups -OCH3 is 1. The molecule has 1 saturated heterocycles. The Balaban J connectivity index is 0.000000389. The molecule has 4 rings (SSSR count). The van der Waals surface area contributed by atoms with E-state index in [0.29, 0.717) is 29.8 Å². The first kappa shape index (κ1) is 32.1. The molecule has 41 heavy (non-hydrogen) atoms. The molecule has 2 unspecified atom stereocenters. The van der Waals surface area contributed by atoms with E-state index in [2.05, 4.69) is 48.1 Å². The molecule has 0 bridgehead atoms. The summed E-state index contributed by atoms with van der Waals surface area (Å²) in [6.07, 6.45) is 3.27. The molecule has 1 aromatic heterocycles. The maximum Gasteiger partial charge on any atom is 0.349 e. The van der Waals surface area contributed by atoms with Crippen molar-refractivity contribution in [3.05, 3.63) is 108 Å². The first-order chi connectivity index (χ1) is 19.4. The molecule has 0 amide bonds. The molecule has 12 heteroatoms. The summed E-state index contributed by atoms with van der Waals surface area (Å²) in [5.41, 5.74) is 0.792. The van der Waals surface area contributed by atoms with E-state index in [-0.39, 0.29) is 32.4 Å². The summed E-state index contributed by atoms with van der Waals surface area (Å²) >= 11 is 17.1. The van der Waals surface area contributed by atoms with Crippen LogP contribution in [0.4, 0.5) is 0 Å². The molecule has 1 N–H and O–H groups in total. The van der Waals surface area contributed by atoms with Crippen LogP contribution in [0.1, 0.15) is 37.8 Å². The lowest BCUT2D eigenvalue weighted by Crippen LogP contribution is -2.30. The highest BCUT2D eigenvalue weighted by molar-refractivity contribution is 7.85. The molecule has 0 saturated carbocycles. The monoisotopic (exact) mass is 616 g/mol. The van der Waals surface area contributed by atoms with Crippen LogP contribution < -0.4 is 11.2 Å². The molecular formula is C29H30Cl2N4O5S. The number of benzene rings is 2. The molecule has 1 aliphatic rings. The van der Waals surface area contributed by atoms with E-state index in [4.69, 9.17) is 32.7 Å². The summed E-state index contributed by atoms with van der Waals surface area (Å²) in [6.45, 7) is 10.5. The standard InChI is InChI=1S/C21H16Cl2N4O3S.C8H14O2/c1-12(9-24-20(17(31)11-28)13-5-3-2-4-6-13)19-15(22)7-14(8-16(19)23)27-21(30)26-18(29)10-25-27;1-6-7(9-4)8(2,3)5-10-6/h2-12,31H,1H3,(H,26,29,30);7H,1,5H2,2-4H3/b20-17-,24-9?;. The number of H-pyrrole nitrogens is 1. The Kier molecular flexibility index (Phi) is 10.9. The quantitative estimate of drug-likeness (QED) is 0.157. The molecule has 2 atom stereocenters. The molecule has 0 spiro atoms. The van der Waals surface area contributed by atoms with Gasteiger partial charge in [0.1, 0.15) is 18.1 Å². The first-order valence-electron chi connectivity index (χ1n) is 12.4. The van der Waals surface area contributed by atoms with Crippen LogP contribution in [0, 0.1) is 5.41 Å². The maximum absolute atomic E-state index is 12.0. The zero-order valence-electron chi connectivity index (χ0n) is 22.9. The molecule has 2 aromatic carbocycles. The fourth-order valence-corrected chi connectivity index (χ4v) is 5.19. The van der Waals surface area contributed by atoms with E-state index >= 15 is 0 Å². The number of aromatic amines is 1. The van der Waals surface area contributed by atoms with Crippen molar-refractivity contribution < 1.29 is 14.3 Å². The lowest BCUT2D eigenvalue weighted by molar-refractivity contribution is -0.104. The number of halogens is 2. The van der Waals surface area contributed by atoms with Gasteiger partial charge in [-0.2, -0.15) is 9.78 Å². The number of nitrogens with zero attached hydrogens (tertiary/aromatic N) is 3. The summed E-state index contributed by atoms with van der Waals surface area (Å²) in [4.78, 5) is 41.2. The van der Waals surface area contributed by atoms with Gasteiger partial charge < -0.3 is 9.47 Å². The number of hydrogen-bond donors (Lipinski definition) is 2. The Hall–Kier alpha value is -3.44. The molecule has 3 aromatic rings. The number of carbonyl (C=O) groups excluding carboxylic acids is 1. The summed E-state index contributed by atoms with van der Waals surface area (Å²) in [5, 5.41) is 4.37. The van der Waals surface area contributed by atoms with Crippen molar-refractivity contribution in [3.63, 3.8) is 0 Å². The zero-order valence-corrected chi connectivity index (χ0v) is 25.3. The van der Waals surface area contributed by atoms with Gasteiger partial charge in [0.25, 0.3) is 5.56 Å². The molecule has 9 nitrogen and oxygen atoms in total. The van der Waals surface area contributed by atoms with Gasteiger partial charge >= 0.3 is 5.69 Å². The van der Waals surface area contributed by atoms with Gasteiger partial charge in [0.15, 0.2) is 6.29 Å². The van der Waals surface area contributed by atoms with Crippen molar-refractivity contribution in [3.8, 4) is 5.69 Å². The van der Waals surface area contributed by atoms with E-state index < -0.39 is 11.2 Å². The van der Waals surface area contributed by atoms with Crippen LogP contribution in [0.15, 0.2) is 80.5 Å². The average molecular weight is 618 g/mol. The molecule has 1 aliphatic heterocycles. The van der Waals surface area contributed by atoms with Gasteiger partial charge in [-0.25, -0.2) is 4.79 Å². The van der Waals surface area contributed by atoms with Gasteiger partial charge in [-0.3, -0.25) is 19.6 Å². The second-order valence-electron chi connectivity index (χ2n) is 9.82. The van der Waals surface area contributed by atoms with Crippen molar-refractivity contribution in [1.82, 2.24) is 14.8 Å². The van der Waals surface area contributed by atoms with Crippen LogP contribution in [0.5, 0.6) is 0 Å². The van der Waals surface area contributed by atoms with Gasteiger partial charge in [0, 0.05) is 40.3 Å². The van der Waals surface area contributed by atoms with Crippen LogP contribution >= 0.6 is 35.8 Å². The van der Waals surface area contributed by atoms with Crippen LogP contribution in [-0.2, 0) is 14.3 Å². The van der Waals surface area contributed by atoms with Gasteiger partial charge in [-0.15, -0.1) is 12.6 Å². The third kappa shape index (κ3) is 7.85. The fourth-order valence-electron chi connectivity index (χ4n) is 4.18. The number of aldehydes is 1. The average Bonchev–Trinajstić information content (AvgIpc) is 3.19. The number of aliphatic imine (C=N–C) groups is 1. The lowest BCUT2D eigenvalue weighted by Gasteiger charge is -2.21. The first-order valence-corrected chi connectivity index (χ1v) is 13.6. The number of rotatable bonds is 7. The minimum atomic E-state index is -0.713. The molecule has 0 aliphatic carbocycles. The number of allylic oxidation sites excluding steroid dienone is 1. The van der Waals surface area contributed by atoms with Crippen molar-refractivity contribution >= 4 is 54.0 Å².